The number of rotatable bonds is 3. The zero-order valence-electron chi connectivity index (χ0n) is 9.86. The van der Waals surface area contributed by atoms with E-state index in [4.69, 9.17) is 11.6 Å². The van der Waals surface area contributed by atoms with Crippen molar-refractivity contribution in [3.8, 4) is 0 Å². The van der Waals surface area contributed by atoms with Gasteiger partial charge in [-0.1, -0.05) is 57.4 Å². The standard InChI is InChI=1S/C15H12BrClO/c1-10-2-4-11(5-3-10)14(16)15(18)12-6-8-13(17)9-7-12/h2-9,14H,1H3. The van der Waals surface area contributed by atoms with Crippen LogP contribution in [0.4, 0.5) is 0 Å². The molecule has 0 saturated heterocycles. The highest BCUT2D eigenvalue weighted by molar-refractivity contribution is 9.09. The molecule has 0 saturated carbocycles. The van der Waals surface area contributed by atoms with Crippen molar-refractivity contribution in [2.45, 2.75) is 11.8 Å². The predicted octanol–water partition coefficient (Wildman–Crippen LogP) is 4.97. The summed E-state index contributed by atoms with van der Waals surface area (Å²) < 4.78 is 0. The molecule has 92 valence electrons. The van der Waals surface area contributed by atoms with E-state index in [1.165, 1.54) is 5.56 Å². The van der Waals surface area contributed by atoms with Crippen molar-refractivity contribution in [3.63, 3.8) is 0 Å². The average molecular weight is 324 g/mol. The normalized spacial score (nSPS) is 12.2. The number of aryl methyl sites for hydroxylation is 1. The Kier molecular flexibility index (Phi) is 4.20. The summed E-state index contributed by atoms with van der Waals surface area (Å²) in [5.41, 5.74) is 2.79. The van der Waals surface area contributed by atoms with Crippen molar-refractivity contribution in [1.29, 1.82) is 0 Å². The molecule has 18 heavy (non-hydrogen) atoms. The monoisotopic (exact) mass is 322 g/mol. The van der Waals surface area contributed by atoms with Crippen LogP contribution in [0.5, 0.6) is 0 Å². The van der Waals surface area contributed by atoms with E-state index in [9.17, 15) is 4.79 Å². The summed E-state index contributed by atoms with van der Waals surface area (Å²) in [6.07, 6.45) is 0. The second-order valence-corrected chi connectivity index (χ2v) is 5.50. The molecule has 0 aromatic heterocycles. The van der Waals surface area contributed by atoms with Crippen LogP contribution in [-0.2, 0) is 0 Å². The second kappa shape index (κ2) is 5.68. The molecule has 0 heterocycles. The van der Waals surface area contributed by atoms with Crippen molar-refractivity contribution < 1.29 is 4.79 Å². The summed E-state index contributed by atoms with van der Waals surface area (Å²) in [6.45, 7) is 2.02. The Morgan fingerprint density at radius 1 is 1.06 bits per heavy atom. The fourth-order valence-electron chi connectivity index (χ4n) is 1.65. The summed E-state index contributed by atoms with van der Waals surface area (Å²) in [4.78, 5) is 11.9. The summed E-state index contributed by atoms with van der Waals surface area (Å²) >= 11 is 9.26. The quantitative estimate of drug-likeness (QED) is 0.576. The van der Waals surface area contributed by atoms with Gasteiger partial charge in [-0.05, 0) is 36.8 Å². The van der Waals surface area contributed by atoms with E-state index in [2.05, 4.69) is 15.9 Å². The molecule has 2 rings (SSSR count). The molecule has 2 aromatic carbocycles. The Hall–Kier alpha value is -1.12. The van der Waals surface area contributed by atoms with Gasteiger partial charge in [-0.3, -0.25) is 4.79 Å². The zero-order valence-corrected chi connectivity index (χ0v) is 12.2. The van der Waals surface area contributed by atoms with Crippen molar-refractivity contribution >= 4 is 33.3 Å². The number of alkyl halides is 1. The Bertz CT molecular complexity index is 546. The van der Waals surface area contributed by atoms with Gasteiger partial charge in [-0.15, -0.1) is 0 Å². The molecule has 1 unspecified atom stereocenters. The number of halogens is 2. The Labute approximate surface area is 120 Å². The first-order valence-corrected chi connectivity index (χ1v) is 6.88. The maximum atomic E-state index is 12.3. The third-order valence-electron chi connectivity index (χ3n) is 2.73. The first-order valence-electron chi connectivity index (χ1n) is 5.58. The van der Waals surface area contributed by atoms with E-state index in [1.54, 1.807) is 24.3 Å². The number of hydrogen-bond donors (Lipinski definition) is 0. The van der Waals surface area contributed by atoms with E-state index in [1.807, 2.05) is 31.2 Å². The molecule has 1 atom stereocenters. The van der Waals surface area contributed by atoms with Gasteiger partial charge in [-0.25, -0.2) is 0 Å². The van der Waals surface area contributed by atoms with E-state index >= 15 is 0 Å². The molecule has 0 radical (unpaired) electrons. The molecule has 0 N–H and O–H groups in total. The van der Waals surface area contributed by atoms with Crippen molar-refractivity contribution in [2.75, 3.05) is 0 Å². The lowest BCUT2D eigenvalue weighted by molar-refractivity contribution is 0.0991. The van der Waals surface area contributed by atoms with Crippen LogP contribution in [0.1, 0.15) is 26.3 Å². The molecule has 3 heteroatoms. The van der Waals surface area contributed by atoms with E-state index in [0.29, 0.717) is 10.6 Å². The number of carbonyl (C=O) groups excluding carboxylic acids is 1. The fourth-order valence-corrected chi connectivity index (χ4v) is 2.34. The lowest BCUT2D eigenvalue weighted by atomic mass is 10.0. The highest BCUT2D eigenvalue weighted by atomic mass is 79.9. The first-order chi connectivity index (χ1) is 8.58. The molecule has 0 bridgehead atoms. The van der Waals surface area contributed by atoms with E-state index < -0.39 is 0 Å². The lowest BCUT2D eigenvalue weighted by Gasteiger charge is -2.09. The number of ketones is 1. The Morgan fingerprint density at radius 3 is 2.17 bits per heavy atom. The maximum absolute atomic E-state index is 12.3. The van der Waals surface area contributed by atoms with E-state index in [0.717, 1.165) is 5.56 Å². The number of benzene rings is 2. The van der Waals surface area contributed by atoms with Crippen LogP contribution >= 0.6 is 27.5 Å². The van der Waals surface area contributed by atoms with Crippen molar-refractivity contribution in [1.82, 2.24) is 0 Å². The van der Waals surface area contributed by atoms with Crippen LogP contribution in [0.15, 0.2) is 48.5 Å². The molecule has 0 spiro atoms. The molecule has 0 fully saturated rings. The topological polar surface area (TPSA) is 17.1 Å². The number of carbonyl (C=O) groups is 1. The minimum absolute atomic E-state index is 0.0375. The third-order valence-corrected chi connectivity index (χ3v) is 3.93. The van der Waals surface area contributed by atoms with Crippen LogP contribution in [0.3, 0.4) is 0 Å². The van der Waals surface area contributed by atoms with Gasteiger partial charge in [0.05, 0.1) is 0 Å². The predicted molar refractivity (Wildman–Crippen MR) is 78.6 cm³/mol. The summed E-state index contributed by atoms with van der Waals surface area (Å²) in [5.74, 6) is 0.0375. The Balaban J connectivity index is 2.23. The van der Waals surface area contributed by atoms with Gasteiger partial charge in [-0.2, -0.15) is 0 Å². The zero-order chi connectivity index (χ0) is 13.1. The van der Waals surface area contributed by atoms with Crippen LogP contribution < -0.4 is 0 Å². The maximum Gasteiger partial charge on any atom is 0.180 e. The fraction of sp³-hybridized carbons (Fsp3) is 0.133. The summed E-state index contributed by atoms with van der Waals surface area (Å²) in [7, 11) is 0. The molecule has 2 aromatic rings. The van der Waals surface area contributed by atoms with Gasteiger partial charge in [0.25, 0.3) is 0 Å². The lowest BCUT2D eigenvalue weighted by Crippen LogP contribution is -2.06. The molecule has 0 amide bonds. The Morgan fingerprint density at radius 2 is 1.61 bits per heavy atom. The smallest absolute Gasteiger partial charge is 0.180 e. The van der Waals surface area contributed by atoms with Crippen LogP contribution in [-0.4, -0.2) is 5.78 Å². The van der Waals surface area contributed by atoms with Gasteiger partial charge < -0.3 is 0 Å². The highest BCUT2D eigenvalue weighted by Gasteiger charge is 2.18. The third kappa shape index (κ3) is 3.01. The van der Waals surface area contributed by atoms with Crippen molar-refractivity contribution in [3.05, 3.63) is 70.2 Å². The summed E-state index contributed by atoms with van der Waals surface area (Å²) in [5, 5.41) is 0.632. The van der Waals surface area contributed by atoms with E-state index in [-0.39, 0.29) is 10.6 Å². The average Bonchev–Trinajstić information content (AvgIpc) is 2.39. The minimum Gasteiger partial charge on any atom is -0.293 e. The molecular formula is C15H12BrClO. The molecule has 1 nitrogen and oxygen atoms in total. The highest BCUT2D eigenvalue weighted by Crippen LogP contribution is 2.27. The number of Topliss-reactive ketones (excluding diaryl/α,β-unsaturated/α-hetero) is 1. The second-order valence-electron chi connectivity index (χ2n) is 4.14. The van der Waals surface area contributed by atoms with Gasteiger partial charge in [0.1, 0.15) is 4.83 Å². The van der Waals surface area contributed by atoms with Crippen LogP contribution in [0.25, 0.3) is 0 Å². The van der Waals surface area contributed by atoms with Gasteiger partial charge in [0.15, 0.2) is 5.78 Å². The SMILES string of the molecule is Cc1ccc(C(Br)C(=O)c2ccc(Cl)cc2)cc1. The minimum atomic E-state index is -0.320. The van der Waals surface area contributed by atoms with Crippen molar-refractivity contribution in [2.24, 2.45) is 0 Å². The largest absolute Gasteiger partial charge is 0.293 e. The first kappa shape index (κ1) is 13.3. The van der Waals surface area contributed by atoms with Crippen LogP contribution in [0, 0.1) is 6.92 Å². The van der Waals surface area contributed by atoms with Gasteiger partial charge >= 0.3 is 0 Å². The molecule has 0 aliphatic heterocycles. The van der Waals surface area contributed by atoms with Gasteiger partial charge in [0.2, 0.25) is 0 Å². The summed E-state index contributed by atoms with van der Waals surface area (Å²) in [6, 6.07) is 14.9. The molecule has 0 aliphatic rings. The van der Waals surface area contributed by atoms with Gasteiger partial charge in [0, 0.05) is 10.6 Å². The number of hydrogen-bond acceptors (Lipinski definition) is 1. The van der Waals surface area contributed by atoms with Crippen LogP contribution in [0.2, 0.25) is 5.02 Å². The molecular weight excluding hydrogens is 312 g/mol. The molecule has 0 aliphatic carbocycles.